The minimum absolute atomic E-state index is 0.0210. The third-order valence-corrected chi connectivity index (χ3v) is 7.19. The predicted molar refractivity (Wildman–Crippen MR) is 147 cm³/mol. The van der Waals surface area contributed by atoms with Crippen LogP contribution in [0.25, 0.3) is 0 Å². The van der Waals surface area contributed by atoms with Crippen LogP contribution in [-0.2, 0) is 20.0 Å². The number of phenolic OH excluding ortho intramolecular Hbond substituents is 1. The van der Waals surface area contributed by atoms with Crippen molar-refractivity contribution in [1.82, 2.24) is 10.4 Å². The van der Waals surface area contributed by atoms with Crippen molar-refractivity contribution in [3.63, 3.8) is 0 Å². The zero-order valence-electron chi connectivity index (χ0n) is 22.6. The minimum atomic E-state index is -1.68. The molecule has 1 heterocycles. The second-order valence-corrected chi connectivity index (χ2v) is 10.1. The fourth-order valence-corrected chi connectivity index (χ4v) is 5.07. The largest absolute Gasteiger partial charge is 0.508 e. The summed E-state index contributed by atoms with van der Waals surface area (Å²) in [5.74, 6) is -1.15. The molecular weight excluding hydrogens is 480 g/mol. The fraction of sp³-hybridized carbons (Fsp3) is 0.516. The van der Waals surface area contributed by atoms with Gasteiger partial charge in [0.1, 0.15) is 5.75 Å². The van der Waals surface area contributed by atoms with E-state index in [1.165, 1.54) is 69.9 Å². The second kappa shape index (κ2) is 15.2. The summed E-state index contributed by atoms with van der Waals surface area (Å²) in [6, 6.07) is 13.9. The Bertz CT molecular complexity index is 1020. The van der Waals surface area contributed by atoms with E-state index >= 15 is 0 Å². The normalized spacial score (nSPS) is 17.0. The molecule has 2 aromatic carbocycles. The Morgan fingerprint density at radius 2 is 1.26 bits per heavy atom. The summed E-state index contributed by atoms with van der Waals surface area (Å²) in [7, 11) is 0. The van der Waals surface area contributed by atoms with Gasteiger partial charge in [-0.3, -0.25) is 10.1 Å². The highest BCUT2D eigenvalue weighted by Gasteiger charge is 2.58. The third kappa shape index (κ3) is 7.59. The van der Waals surface area contributed by atoms with Crippen LogP contribution in [0.2, 0.25) is 0 Å². The zero-order chi connectivity index (χ0) is 27.2. The summed E-state index contributed by atoms with van der Waals surface area (Å²) < 4.78 is 0. The number of phenols is 1. The summed E-state index contributed by atoms with van der Waals surface area (Å²) in [6.45, 7) is 2.24. The van der Waals surface area contributed by atoms with Gasteiger partial charge in [0.15, 0.2) is 0 Å². The highest BCUT2D eigenvalue weighted by Crippen LogP contribution is 2.40. The van der Waals surface area contributed by atoms with Crippen molar-refractivity contribution < 1.29 is 24.3 Å². The van der Waals surface area contributed by atoms with Crippen LogP contribution in [0.3, 0.4) is 0 Å². The maximum Gasteiger partial charge on any atom is 0.359 e. The molecule has 1 unspecified atom stereocenters. The number of unbranched alkanes of at least 4 members (excludes halogenated alkanes) is 12. The summed E-state index contributed by atoms with van der Waals surface area (Å²) in [5.41, 5.74) is -0.807. The van der Waals surface area contributed by atoms with E-state index in [4.69, 9.17) is 4.84 Å². The van der Waals surface area contributed by atoms with Crippen molar-refractivity contribution in [3.8, 4) is 5.75 Å². The number of hydrogen-bond acceptors (Lipinski definition) is 5. The lowest BCUT2D eigenvalue weighted by Gasteiger charge is -2.34. The first kappa shape index (κ1) is 29.2. The van der Waals surface area contributed by atoms with Crippen LogP contribution in [0.1, 0.15) is 108 Å². The number of hydroxylamine groups is 2. The number of carbonyl (C=O) groups is 3. The van der Waals surface area contributed by atoms with E-state index in [0.29, 0.717) is 17.5 Å². The van der Waals surface area contributed by atoms with Gasteiger partial charge in [-0.15, -0.1) is 5.06 Å². The topological polar surface area (TPSA) is 95.9 Å². The van der Waals surface area contributed by atoms with E-state index in [-0.39, 0.29) is 12.2 Å². The maximum atomic E-state index is 13.2. The summed E-state index contributed by atoms with van der Waals surface area (Å²) in [4.78, 5) is 44.4. The Labute approximate surface area is 226 Å². The molecule has 0 saturated carbocycles. The number of carbonyl (C=O) groups excluding carboxylic acids is 3. The molecular formula is C31H42N2O5. The Kier molecular flexibility index (Phi) is 11.7. The number of nitrogens with zero attached hydrogens (tertiary/aromatic N) is 1. The van der Waals surface area contributed by atoms with Crippen LogP contribution in [0, 0.1) is 0 Å². The van der Waals surface area contributed by atoms with Crippen molar-refractivity contribution in [1.29, 1.82) is 0 Å². The number of nitrogens with one attached hydrogen (secondary N) is 1. The van der Waals surface area contributed by atoms with E-state index in [1.54, 1.807) is 42.5 Å². The number of imide groups is 1. The third-order valence-electron chi connectivity index (χ3n) is 7.19. The van der Waals surface area contributed by atoms with Crippen molar-refractivity contribution in [3.05, 3.63) is 65.7 Å². The SMILES string of the molecule is CCCCCCCCCCCCCCCC(=O)ON1C(=O)NC(=O)C1(c1ccccc1)c1ccc(O)cc1. The van der Waals surface area contributed by atoms with Gasteiger partial charge in [0.2, 0.25) is 5.54 Å². The van der Waals surface area contributed by atoms with Crippen LogP contribution in [0.4, 0.5) is 4.79 Å². The number of benzene rings is 2. The number of rotatable bonds is 17. The molecule has 38 heavy (non-hydrogen) atoms. The number of aromatic hydroxyl groups is 1. The molecule has 0 aromatic heterocycles. The van der Waals surface area contributed by atoms with Gasteiger partial charge in [0, 0.05) is 6.42 Å². The molecule has 1 aliphatic rings. The monoisotopic (exact) mass is 522 g/mol. The molecule has 1 saturated heterocycles. The molecule has 1 atom stereocenters. The Morgan fingerprint density at radius 3 is 1.82 bits per heavy atom. The van der Waals surface area contributed by atoms with Gasteiger partial charge in [-0.1, -0.05) is 126 Å². The van der Waals surface area contributed by atoms with Crippen LogP contribution in [-0.4, -0.2) is 28.1 Å². The van der Waals surface area contributed by atoms with Gasteiger partial charge in [0.25, 0.3) is 5.91 Å². The van der Waals surface area contributed by atoms with Gasteiger partial charge < -0.3 is 9.94 Å². The number of amides is 3. The average molecular weight is 523 g/mol. The molecule has 0 spiro atoms. The molecule has 7 nitrogen and oxygen atoms in total. The summed E-state index contributed by atoms with van der Waals surface area (Å²) in [6.07, 6.45) is 15.8. The zero-order valence-corrected chi connectivity index (χ0v) is 22.6. The lowest BCUT2D eigenvalue weighted by Crippen LogP contribution is -2.48. The highest BCUT2D eigenvalue weighted by atomic mass is 16.7. The molecule has 0 radical (unpaired) electrons. The van der Waals surface area contributed by atoms with Gasteiger partial charge >= 0.3 is 12.0 Å². The molecule has 3 amide bonds. The first-order valence-electron chi connectivity index (χ1n) is 14.2. The average Bonchev–Trinajstić information content (AvgIpc) is 3.17. The molecule has 7 heteroatoms. The predicted octanol–water partition coefficient (Wildman–Crippen LogP) is 7.13. The molecule has 0 bridgehead atoms. The lowest BCUT2D eigenvalue weighted by molar-refractivity contribution is -0.190. The van der Waals surface area contributed by atoms with E-state index < -0.39 is 23.4 Å². The molecule has 1 aliphatic heterocycles. The van der Waals surface area contributed by atoms with E-state index in [1.807, 2.05) is 0 Å². The fourth-order valence-electron chi connectivity index (χ4n) is 5.07. The van der Waals surface area contributed by atoms with Gasteiger partial charge in [-0.05, 0) is 29.7 Å². The molecule has 206 valence electrons. The smallest absolute Gasteiger partial charge is 0.359 e. The van der Waals surface area contributed by atoms with E-state index in [2.05, 4.69) is 12.2 Å². The Morgan fingerprint density at radius 1 is 0.763 bits per heavy atom. The Balaban J connectivity index is 1.49. The van der Waals surface area contributed by atoms with Gasteiger partial charge in [0.05, 0.1) is 0 Å². The van der Waals surface area contributed by atoms with Gasteiger partial charge in [-0.2, -0.15) is 0 Å². The molecule has 0 aliphatic carbocycles. The van der Waals surface area contributed by atoms with Crippen molar-refractivity contribution >= 4 is 17.9 Å². The molecule has 2 aromatic rings. The van der Waals surface area contributed by atoms with Crippen molar-refractivity contribution in [2.24, 2.45) is 0 Å². The quantitative estimate of drug-likeness (QED) is 0.170. The van der Waals surface area contributed by atoms with Gasteiger partial charge in [-0.25, -0.2) is 9.59 Å². The molecule has 1 fully saturated rings. The second-order valence-electron chi connectivity index (χ2n) is 10.1. The highest BCUT2D eigenvalue weighted by molar-refractivity contribution is 6.09. The van der Waals surface area contributed by atoms with E-state index in [9.17, 15) is 19.5 Å². The number of hydrogen-bond donors (Lipinski definition) is 2. The maximum absolute atomic E-state index is 13.2. The standard InChI is InChI=1S/C31H42N2O5/c1-2-3-4-5-6-7-8-9-10-11-12-13-17-20-28(35)38-33-30(37)32-29(36)31(33,25-18-15-14-16-19-25)26-21-23-27(34)24-22-26/h14-16,18-19,21-24,34H,2-13,17,20H2,1H3,(H,32,36,37). The number of urea groups is 1. The first-order valence-corrected chi connectivity index (χ1v) is 14.2. The van der Waals surface area contributed by atoms with Crippen LogP contribution in [0.5, 0.6) is 5.75 Å². The molecule has 3 rings (SSSR count). The summed E-state index contributed by atoms with van der Waals surface area (Å²) >= 11 is 0. The van der Waals surface area contributed by atoms with E-state index in [0.717, 1.165) is 24.3 Å². The van der Waals surface area contributed by atoms with Crippen LogP contribution in [0.15, 0.2) is 54.6 Å². The minimum Gasteiger partial charge on any atom is -0.508 e. The van der Waals surface area contributed by atoms with Crippen LogP contribution < -0.4 is 5.32 Å². The van der Waals surface area contributed by atoms with Crippen molar-refractivity contribution in [2.45, 2.75) is 102 Å². The van der Waals surface area contributed by atoms with Crippen LogP contribution >= 0.6 is 0 Å². The van der Waals surface area contributed by atoms with Crippen molar-refractivity contribution in [2.75, 3.05) is 0 Å². The first-order chi connectivity index (χ1) is 18.5. The lowest BCUT2D eigenvalue weighted by atomic mass is 9.82. The Hall–Kier alpha value is -3.35. The molecule has 2 N–H and O–H groups in total. The summed E-state index contributed by atoms with van der Waals surface area (Å²) in [5, 5.41) is 12.9.